The highest BCUT2D eigenvalue weighted by Crippen LogP contribution is 2.28. The van der Waals surface area contributed by atoms with Gasteiger partial charge in [0.2, 0.25) is 0 Å². The molecule has 0 radical (unpaired) electrons. The van der Waals surface area contributed by atoms with E-state index in [9.17, 15) is 9.59 Å². The molecule has 2 aromatic rings. The number of nitrogens with zero attached hydrogens (tertiary/aromatic N) is 1. The van der Waals surface area contributed by atoms with Gasteiger partial charge in [0, 0.05) is 10.3 Å². The van der Waals surface area contributed by atoms with Gasteiger partial charge in [0.05, 0.1) is 16.6 Å². The number of aromatic amines is 1. The number of benzene rings is 1. The number of hydrogen-bond donors (Lipinski definition) is 1. The highest BCUT2D eigenvalue weighted by Gasteiger charge is 2.16. The molecule has 2 rings (SSSR count). The largest absolute Gasteiger partial charge is 0.320 e. The number of thioether (sulfide) groups is 1. The number of hydrogen-bond acceptors (Lipinski definition) is 4. The molecule has 0 aliphatic rings. The molecule has 1 N–H and O–H groups in total. The van der Waals surface area contributed by atoms with Crippen LogP contribution >= 0.6 is 11.8 Å². The van der Waals surface area contributed by atoms with E-state index in [-0.39, 0.29) is 11.3 Å². The van der Waals surface area contributed by atoms with Crippen LogP contribution in [0.15, 0.2) is 27.9 Å². The van der Waals surface area contributed by atoms with Crippen LogP contribution in [-0.4, -0.2) is 17.0 Å². The summed E-state index contributed by atoms with van der Waals surface area (Å²) in [5.74, 6) is -0.273. The molecule has 0 atom stereocenters. The second kappa shape index (κ2) is 4.67. The fourth-order valence-electron chi connectivity index (χ4n) is 1.91. The first kappa shape index (κ1) is 12.4. The molecule has 0 spiro atoms. The van der Waals surface area contributed by atoms with Crippen molar-refractivity contribution in [3.63, 3.8) is 0 Å². The van der Waals surface area contributed by atoms with E-state index in [0.29, 0.717) is 16.0 Å². The van der Waals surface area contributed by atoms with Crippen LogP contribution in [0.1, 0.15) is 22.8 Å². The van der Waals surface area contributed by atoms with Gasteiger partial charge < -0.3 is 4.98 Å². The lowest BCUT2D eigenvalue weighted by Gasteiger charge is -2.08. The Bertz CT molecular complexity index is 741. The fourth-order valence-corrected chi connectivity index (χ4v) is 2.75. The Balaban J connectivity index is 3.03. The molecule has 4 nitrogen and oxygen atoms in total. The number of pyridine rings is 1. The Morgan fingerprint density at radius 3 is 2.72 bits per heavy atom. The number of para-hydroxylation sites is 1. The monoisotopic (exact) mass is 258 g/mol. The summed E-state index contributed by atoms with van der Waals surface area (Å²) in [4.78, 5) is 26.7. The highest BCUT2D eigenvalue weighted by molar-refractivity contribution is 7.99. The topological polar surface area (TPSA) is 73.7 Å². The van der Waals surface area contributed by atoms with Crippen LogP contribution in [0.5, 0.6) is 0 Å². The van der Waals surface area contributed by atoms with Gasteiger partial charge in [0.15, 0.2) is 5.78 Å². The lowest BCUT2D eigenvalue weighted by atomic mass is 10.1. The van der Waals surface area contributed by atoms with Crippen molar-refractivity contribution in [3.8, 4) is 6.07 Å². The lowest BCUT2D eigenvalue weighted by Crippen LogP contribution is -2.18. The van der Waals surface area contributed by atoms with Crippen molar-refractivity contribution >= 4 is 28.4 Å². The van der Waals surface area contributed by atoms with E-state index in [1.54, 1.807) is 24.5 Å². The summed E-state index contributed by atoms with van der Waals surface area (Å²) in [7, 11) is 0. The van der Waals surface area contributed by atoms with Crippen molar-refractivity contribution in [2.75, 3.05) is 6.26 Å². The van der Waals surface area contributed by atoms with Gasteiger partial charge in [-0.25, -0.2) is 0 Å². The van der Waals surface area contributed by atoms with E-state index in [4.69, 9.17) is 5.26 Å². The Hall–Kier alpha value is -2.06. The molecule has 0 saturated heterocycles. The van der Waals surface area contributed by atoms with Crippen LogP contribution in [0.4, 0.5) is 0 Å². The molecular weight excluding hydrogens is 248 g/mol. The molecule has 1 heterocycles. The predicted molar refractivity (Wildman–Crippen MR) is 71.1 cm³/mol. The summed E-state index contributed by atoms with van der Waals surface area (Å²) in [5.41, 5.74) is 0.599. The van der Waals surface area contributed by atoms with E-state index in [1.807, 2.05) is 6.07 Å². The molecule has 1 aromatic carbocycles. The summed E-state index contributed by atoms with van der Waals surface area (Å²) in [6.45, 7) is 1.37. The minimum Gasteiger partial charge on any atom is -0.320 e. The number of rotatable bonds is 2. The third-order valence-corrected chi connectivity index (χ3v) is 3.51. The van der Waals surface area contributed by atoms with Crippen molar-refractivity contribution in [2.24, 2.45) is 0 Å². The van der Waals surface area contributed by atoms with Gasteiger partial charge in [-0.05, 0) is 19.2 Å². The molecule has 18 heavy (non-hydrogen) atoms. The summed E-state index contributed by atoms with van der Waals surface area (Å²) >= 11 is 1.34. The predicted octanol–water partition coefficient (Wildman–Crippen LogP) is 2.32. The third kappa shape index (κ3) is 1.81. The molecule has 90 valence electrons. The number of aromatic nitrogens is 1. The summed E-state index contributed by atoms with van der Waals surface area (Å²) in [6.07, 6.45) is 1.81. The number of carbonyl (C=O) groups is 1. The van der Waals surface area contributed by atoms with Crippen LogP contribution in [0.25, 0.3) is 10.9 Å². The smallest absolute Gasteiger partial charge is 0.260 e. The zero-order valence-electron chi connectivity index (χ0n) is 9.90. The molecule has 0 aliphatic carbocycles. The second-order valence-electron chi connectivity index (χ2n) is 3.76. The number of fused-ring (bicyclic) bond motifs is 1. The van der Waals surface area contributed by atoms with Crippen molar-refractivity contribution in [1.82, 2.24) is 4.98 Å². The molecule has 5 heteroatoms. The first-order valence-corrected chi connectivity index (χ1v) is 6.46. The van der Waals surface area contributed by atoms with Gasteiger partial charge in [-0.15, -0.1) is 11.8 Å². The maximum Gasteiger partial charge on any atom is 0.260 e. The van der Waals surface area contributed by atoms with E-state index in [1.165, 1.54) is 18.7 Å². The van der Waals surface area contributed by atoms with E-state index < -0.39 is 5.56 Å². The zero-order chi connectivity index (χ0) is 13.3. The SMILES string of the molecule is CSc1c(C(C)=O)c(=O)[nH]c2c(C#N)cccc12. The molecule has 1 aromatic heterocycles. The molecule has 0 bridgehead atoms. The van der Waals surface area contributed by atoms with Crippen LogP contribution in [0.3, 0.4) is 0 Å². The molecular formula is C13H10N2O2S. The van der Waals surface area contributed by atoms with Crippen LogP contribution in [0, 0.1) is 11.3 Å². The van der Waals surface area contributed by atoms with Gasteiger partial charge in [-0.2, -0.15) is 5.26 Å². The van der Waals surface area contributed by atoms with Crippen LogP contribution < -0.4 is 5.56 Å². The van der Waals surface area contributed by atoms with Gasteiger partial charge in [-0.3, -0.25) is 9.59 Å². The van der Waals surface area contributed by atoms with Crippen LogP contribution in [-0.2, 0) is 0 Å². The quantitative estimate of drug-likeness (QED) is 0.662. The number of carbonyl (C=O) groups excluding carboxylic acids is 1. The standard InChI is InChI=1S/C13H10N2O2S/c1-7(16)10-12(18-2)9-5-3-4-8(6-14)11(9)15-13(10)17/h3-5H,1-2H3,(H,15,17). The second-order valence-corrected chi connectivity index (χ2v) is 4.57. The van der Waals surface area contributed by atoms with Gasteiger partial charge in [-0.1, -0.05) is 12.1 Å². The van der Waals surface area contributed by atoms with Crippen molar-refractivity contribution in [3.05, 3.63) is 39.7 Å². The summed E-state index contributed by atoms with van der Waals surface area (Å²) in [6, 6.07) is 7.20. The van der Waals surface area contributed by atoms with E-state index >= 15 is 0 Å². The number of nitriles is 1. The van der Waals surface area contributed by atoms with Crippen molar-refractivity contribution in [2.45, 2.75) is 11.8 Å². The molecule has 0 unspecified atom stereocenters. The Kier molecular flexibility index (Phi) is 3.21. The van der Waals surface area contributed by atoms with Gasteiger partial charge >= 0.3 is 0 Å². The van der Waals surface area contributed by atoms with Gasteiger partial charge in [0.25, 0.3) is 5.56 Å². The average molecular weight is 258 g/mol. The molecule has 0 amide bonds. The number of Topliss-reactive ketones (excluding diaryl/α,β-unsaturated/α-hetero) is 1. The fraction of sp³-hybridized carbons (Fsp3) is 0.154. The summed E-state index contributed by atoms with van der Waals surface area (Å²) in [5, 5.41) is 9.75. The maximum absolute atomic E-state index is 11.9. The average Bonchev–Trinajstić information content (AvgIpc) is 2.35. The lowest BCUT2D eigenvalue weighted by molar-refractivity contribution is 0.101. The number of nitrogens with one attached hydrogen (secondary N) is 1. The zero-order valence-corrected chi connectivity index (χ0v) is 10.7. The van der Waals surface area contributed by atoms with Gasteiger partial charge in [0.1, 0.15) is 6.07 Å². The van der Waals surface area contributed by atoms with E-state index in [2.05, 4.69) is 4.98 Å². The minimum atomic E-state index is -0.443. The first-order valence-electron chi connectivity index (χ1n) is 5.24. The Morgan fingerprint density at radius 1 is 1.44 bits per heavy atom. The molecule has 0 aliphatic heterocycles. The van der Waals surface area contributed by atoms with Crippen molar-refractivity contribution < 1.29 is 4.79 Å². The normalized spacial score (nSPS) is 10.3. The Labute approximate surface area is 108 Å². The highest BCUT2D eigenvalue weighted by atomic mass is 32.2. The number of ketones is 1. The van der Waals surface area contributed by atoms with Crippen molar-refractivity contribution in [1.29, 1.82) is 5.26 Å². The third-order valence-electron chi connectivity index (χ3n) is 2.68. The maximum atomic E-state index is 11.9. The molecule has 0 fully saturated rings. The molecule has 0 saturated carbocycles. The number of H-pyrrole nitrogens is 1. The van der Waals surface area contributed by atoms with E-state index in [0.717, 1.165) is 5.39 Å². The minimum absolute atomic E-state index is 0.157. The first-order chi connectivity index (χ1) is 8.60. The van der Waals surface area contributed by atoms with Crippen LogP contribution in [0.2, 0.25) is 0 Å². The summed E-state index contributed by atoms with van der Waals surface area (Å²) < 4.78 is 0. The Morgan fingerprint density at radius 2 is 2.17 bits per heavy atom.